The highest BCUT2D eigenvalue weighted by atomic mass is 16.3. The number of aliphatic hydroxyl groups is 1. The van der Waals surface area contributed by atoms with E-state index in [0.29, 0.717) is 17.7 Å². The van der Waals surface area contributed by atoms with Crippen LogP contribution < -0.4 is 0 Å². The fraction of sp³-hybridized carbons (Fsp3) is 0.421. The number of benzene rings is 1. The van der Waals surface area contributed by atoms with Crippen molar-refractivity contribution in [3.05, 3.63) is 59.0 Å². The van der Waals surface area contributed by atoms with E-state index in [0.717, 1.165) is 30.7 Å². The number of rotatable bonds is 4. The van der Waals surface area contributed by atoms with Gasteiger partial charge in [-0.05, 0) is 44.7 Å². The van der Waals surface area contributed by atoms with E-state index in [1.807, 2.05) is 49.1 Å². The molecule has 0 spiro atoms. The van der Waals surface area contributed by atoms with Gasteiger partial charge in [0.05, 0.1) is 11.7 Å². The number of amides is 1. The Hall–Kier alpha value is -2.07. The molecule has 2 heterocycles. The van der Waals surface area contributed by atoms with Crippen LogP contribution in [0.1, 0.15) is 52.8 Å². The van der Waals surface area contributed by atoms with Crippen LogP contribution in [0.2, 0.25) is 0 Å². The zero-order valence-electron chi connectivity index (χ0n) is 13.7. The fourth-order valence-electron chi connectivity index (χ4n) is 3.41. The summed E-state index contributed by atoms with van der Waals surface area (Å²) in [6.45, 7) is 4.42. The van der Waals surface area contributed by atoms with E-state index in [1.165, 1.54) is 0 Å². The van der Waals surface area contributed by atoms with Gasteiger partial charge in [-0.2, -0.15) is 0 Å². The summed E-state index contributed by atoms with van der Waals surface area (Å²) in [5.74, 6) is 1.44. The van der Waals surface area contributed by atoms with E-state index < -0.39 is 6.10 Å². The fourth-order valence-corrected chi connectivity index (χ4v) is 3.41. The maximum atomic E-state index is 12.8. The van der Waals surface area contributed by atoms with Crippen LogP contribution in [-0.2, 0) is 0 Å². The second kappa shape index (κ2) is 6.59. The van der Waals surface area contributed by atoms with Crippen molar-refractivity contribution >= 4 is 5.91 Å². The van der Waals surface area contributed by atoms with Crippen LogP contribution in [0.3, 0.4) is 0 Å². The first-order valence-electron chi connectivity index (χ1n) is 8.17. The van der Waals surface area contributed by atoms with Crippen LogP contribution in [0.15, 0.2) is 40.8 Å². The summed E-state index contributed by atoms with van der Waals surface area (Å²) in [7, 11) is 0. The molecule has 4 heteroatoms. The van der Waals surface area contributed by atoms with Gasteiger partial charge >= 0.3 is 0 Å². The minimum Gasteiger partial charge on any atom is -0.466 e. The number of hydrogen-bond donors (Lipinski definition) is 1. The van der Waals surface area contributed by atoms with E-state index in [2.05, 4.69) is 0 Å². The first-order valence-corrected chi connectivity index (χ1v) is 8.17. The Labute approximate surface area is 136 Å². The standard InChI is InChI=1S/C19H23NO3/c1-13-11-17(14(2)23-13)19(22)20-10-6-9-16(20)12-18(21)15-7-4-3-5-8-15/h3-5,7-8,11,16,18,21H,6,9-10,12H2,1-2H3. The molecule has 0 saturated carbocycles. The van der Waals surface area contributed by atoms with E-state index >= 15 is 0 Å². The lowest BCUT2D eigenvalue weighted by Gasteiger charge is -2.26. The number of likely N-dealkylation sites (tertiary alicyclic amines) is 1. The Morgan fingerprint density at radius 1 is 1.35 bits per heavy atom. The Kier molecular flexibility index (Phi) is 4.53. The summed E-state index contributed by atoms with van der Waals surface area (Å²) in [6.07, 6.45) is 1.95. The van der Waals surface area contributed by atoms with Crippen molar-refractivity contribution in [3.8, 4) is 0 Å². The average molecular weight is 313 g/mol. The van der Waals surface area contributed by atoms with Crippen LogP contribution in [-0.4, -0.2) is 28.5 Å². The first-order chi connectivity index (χ1) is 11.1. The molecule has 2 aromatic rings. The minimum absolute atomic E-state index is 0.0158. The Morgan fingerprint density at radius 3 is 2.74 bits per heavy atom. The SMILES string of the molecule is Cc1cc(C(=O)N2CCCC2CC(O)c2ccccc2)c(C)o1. The van der Waals surface area contributed by atoms with Gasteiger partial charge in [0.15, 0.2) is 0 Å². The lowest BCUT2D eigenvalue weighted by atomic mass is 10.00. The topological polar surface area (TPSA) is 53.7 Å². The number of carbonyl (C=O) groups is 1. The third-order valence-electron chi connectivity index (χ3n) is 4.59. The summed E-state index contributed by atoms with van der Waals surface area (Å²) >= 11 is 0. The molecular formula is C19H23NO3. The second-order valence-electron chi connectivity index (χ2n) is 6.28. The van der Waals surface area contributed by atoms with Crippen molar-refractivity contribution in [1.29, 1.82) is 0 Å². The molecule has 4 nitrogen and oxygen atoms in total. The molecule has 0 radical (unpaired) electrons. The van der Waals surface area contributed by atoms with E-state index in [1.54, 1.807) is 6.07 Å². The molecule has 23 heavy (non-hydrogen) atoms. The van der Waals surface area contributed by atoms with E-state index in [-0.39, 0.29) is 11.9 Å². The third-order valence-corrected chi connectivity index (χ3v) is 4.59. The molecule has 2 atom stereocenters. The number of hydrogen-bond acceptors (Lipinski definition) is 3. The first kappa shape index (κ1) is 15.8. The molecule has 1 aliphatic heterocycles. The van der Waals surface area contributed by atoms with Crippen molar-refractivity contribution in [2.45, 2.75) is 45.3 Å². The molecule has 1 aromatic carbocycles. The van der Waals surface area contributed by atoms with Gasteiger partial charge in [-0.25, -0.2) is 0 Å². The second-order valence-corrected chi connectivity index (χ2v) is 6.28. The highest BCUT2D eigenvalue weighted by Crippen LogP contribution is 2.29. The van der Waals surface area contributed by atoms with Crippen LogP contribution in [0.25, 0.3) is 0 Å². The molecule has 1 aliphatic rings. The van der Waals surface area contributed by atoms with Crippen LogP contribution in [0.4, 0.5) is 0 Å². The summed E-state index contributed by atoms with van der Waals surface area (Å²) in [4.78, 5) is 14.7. The van der Waals surface area contributed by atoms with Crippen molar-refractivity contribution in [2.75, 3.05) is 6.54 Å². The number of aliphatic hydroxyl groups excluding tert-OH is 1. The average Bonchev–Trinajstić information content (AvgIpc) is 3.13. The molecule has 2 unspecified atom stereocenters. The maximum absolute atomic E-state index is 12.8. The van der Waals surface area contributed by atoms with Crippen molar-refractivity contribution in [3.63, 3.8) is 0 Å². The van der Waals surface area contributed by atoms with Gasteiger partial charge in [0.1, 0.15) is 11.5 Å². The molecule has 1 amide bonds. The lowest BCUT2D eigenvalue weighted by Crippen LogP contribution is -2.36. The minimum atomic E-state index is -0.540. The Bertz CT molecular complexity index is 677. The van der Waals surface area contributed by atoms with Gasteiger partial charge in [0, 0.05) is 12.6 Å². The largest absolute Gasteiger partial charge is 0.466 e. The molecule has 1 N–H and O–H groups in total. The predicted molar refractivity (Wildman–Crippen MR) is 88.3 cm³/mol. The van der Waals surface area contributed by atoms with E-state index in [9.17, 15) is 9.90 Å². The van der Waals surface area contributed by atoms with Gasteiger partial charge < -0.3 is 14.4 Å². The molecule has 3 rings (SSSR count). The van der Waals surface area contributed by atoms with Crippen LogP contribution in [0, 0.1) is 13.8 Å². The number of furan rings is 1. The summed E-state index contributed by atoms with van der Waals surface area (Å²) in [5.41, 5.74) is 1.55. The van der Waals surface area contributed by atoms with Gasteiger partial charge in [0.25, 0.3) is 5.91 Å². The molecule has 1 saturated heterocycles. The molecule has 1 aromatic heterocycles. The van der Waals surface area contributed by atoms with Gasteiger partial charge in [-0.3, -0.25) is 4.79 Å². The van der Waals surface area contributed by atoms with Crippen LogP contribution >= 0.6 is 0 Å². The molecule has 0 aliphatic carbocycles. The Morgan fingerprint density at radius 2 is 2.09 bits per heavy atom. The number of nitrogens with zero attached hydrogens (tertiary/aromatic N) is 1. The van der Waals surface area contributed by atoms with Gasteiger partial charge in [-0.1, -0.05) is 30.3 Å². The molecular weight excluding hydrogens is 290 g/mol. The van der Waals surface area contributed by atoms with Crippen LogP contribution in [0.5, 0.6) is 0 Å². The normalized spacial score (nSPS) is 19.1. The number of carbonyl (C=O) groups excluding carboxylic acids is 1. The quantitative estimate of drug-likeness (QED) is 0.938. The summed E-state index contributed by atoms with van der Waals surface area (Å²) < 4.78 is 5.48. The van der Waals surface area contributed by atoms with Gasteiger partial charge in [-0.15, -0.1) is 0 Å². The van der Waals surface area contributed by atoms with Crippen molar-refractivity contribution in [1.82, 2.24) is 4.90 Å². The Balaban J connectivity index is 1.73. The zero-order valence-corrected chi connectivity index (χ0v) is 13.7. The zero-order chi connectivity index (χ0) is 16.4. The summed E-state index contributed by atoms with van der Waals surface area (Å²) in [5, 5.41) is 10.5. The monoisotopic (exact) mass is 313 g/mol. The smallest absolute Gasteiger partial charge is 0.257 e. The van der Waals surface area contributed by atoms with Gasteiger partial charge in [0.2, 0.25) is 0 Å². The molecule has 122 valence electrons. The van der Waals surface area contributed by atoms with E-state index in [4.69, 9.17) is 4.42 Å². The predicted octanol–water partition coefficient (Wildman–Crippen LogP) is 3.62. The lowest BCUT2D eigenvalue weighted by molar-refractivity contribution is 0.0665. The molecule has 0 bridgehead atoms. The van der Waals surface area contributed by atoms with Crippen molar-refractivity contribution < 1.29 is 14.3 Å². The summed E-state index contributed by atoms with van der Waals surface area (Å²) in [6, 6.07) is 11.5. The highest BCUT2D eigenvalue weighted by Gasteiger charge is 2.32. The molecule has 1 fully saturated rings. The third kappa shape index (κ3) is 3.32. The van der Waals surface area contributed by atoms with Crippen molar-refractivity contribution in [2.24, 2.45) is 0 Å². The highest BCUT2D eigenvalue weighted by molar-refractivity contribution is 5.95. The number of aryl methyl sites for hydroxylation is 2. The maximum Gasteiger partial charge on any atom is 0.257 e.